The van der Waals surface area contributed by atoms with Crippen LogP contribution in [0.25, 0.3) is 0 Å². The maximum atomic E-state index is 13.1. The second kappa shape index (κ2) is 28.4. The zero-order chi connectivity index (χ0) is 71.5. The Kier molecular flexibility index (Phi) is 21.8. The van der Waals surface area contributed by atoms with E-state index in [-0.39, 0.29) is 0 Å². The lowest BCUT2D eigenvalue weighted by Gasteiger charge is -2.25. The summed E-state index contributed by atoms with van der Waals surface area (Å²) in [4.78, 5) is 64.5. The number of benzene rings is 6. The molecule has 0 aliphatic heterocycles. The van der Waals surface area contributed by atoms with Crippen LogP contribution in [0.3, 0.4) is 0 Å². The fourth-order valence-electron chi connectivity index (χ4n) is 9.91. The third-order valence-corrected chi connectivity index (χ3v) is 18.2. The van der Waals surface area contributed by atoms with Crippen molar-refractivity contribution in [2.75, 3.05) is 39.6 Å². The van der Waals surface area contributed by atoms with Gasteiger partial charge in [0, 0.05) is 105 Å². The van der Waals surface area contributed by atoms with Crippen LogP contribution in [0.2, 0.25) is 0 Å². The van der Waals surface area contributed by atoms with Crippen molar-refractivity contribution in [3.05, 3.63) is 140 Å². The highest BCUT2D eigenvalue weighted by atomic mass is 32.2. The second-order valence-electron chi connectivity index (χ2n) is 20.2. The molecule has 0 N–H and O–H groups in total. The summed E-state index contributed by atoms with van der Waals surface area (Å²) in [5.74, 6) is -18.8. The number of fused-ring (bicyclic) bond motifs is 12. The molecular formula is C54H36O36S6-12. The van der Waals surface area contributed by atoms with Crippen LogP contribution in [0.15, 0.2) is 102 Å². The smallest absolute Gasteiger partial charge is 0.128 e. The van der Waals surface area contributed by atoms with Gasteiger partial charge >= 0.3 is 0 Å². The van der Waals surface area contributed by atoms with Crippen molar-refractivity contribution in [3.63, 3.8) is 0 Å². The van der Waals surface area contributed by atoms with Gasteiger partial charge in [0.05, 0.1) is 65.2 Å². The summed E-state index contributed by atoms with van der Waals surface area (Å²) in [5, 5.41) is 72.9. The van der Waals surface area contributed by atoms with E-state index >= 15 is 0 Å². The van der Waals surface area contributed by atoms with Crippen molar-refractivity contribution in [1.29, 1.82) is 0 Å². The van der Waals surface area contributed by atoms with Gasteiger partial charge in [0.1, 0.15) is 135 Å². The molecule has 0 atom stereocenters. The van der Waals surface area contributed by atoms with Gasteiger partial charge in [0.2, 0.25) is 0 Å². The van der Waals surface area contributed by atoms with Gasteiger partial charge in [-0.3, -0.25) is 0 Å². The molecule has 0 saturated carbocycles. The number of ether oxygens (including phenoxy) is 6. The van der Waals surface area contributed by atoms with Crippen LogP contribution in [-0.2, 0) is 128 Å². The van der Waals surface area contributed by atoms with Gasteiger partial charge in [-0.2, -0.15) is 0 Å². The molecule has 516 valence electrons. The van der Waals surface area contributed by atoms with E-state index in [1.54, 1.807) is 0 Å². The van der Waals surface area contributed by atoms with Gasteiger partial charge in [-0.25, -0.2) is 50.5 Å². The van der Waals surface area contributed by atoms with Gasteiger partial charge in [0.25, 0.3) is 0 Å². The van der Waals surface area contributed by atoms with Gasteiger partial charge < -0.3 is 115 Å². The van der Waals surface area contributed by atoms with Crippen LogP contribution in [0.5, 0.6) is 34.5 Å². The topological polar surface area (TPSA) is 639 Å². The van der Waals surface area contributed by atoms with Crippen LogP contribution in [-0.4, -0.2) is 153 Å². The number of carbonyl (C=O) groups is 6. The van der Waals surface area contributed by atoms with Crippen molar-refractivity contribution in [3.8, 4) is 34.5 Å². The van der Waals surface area contributed by atoms with Gasteiger partial charge in [-0.05, 0) is 72.8 Å². The molecule has 6 aromatic carbocycles. The fraction of sp³-hybridized carbons (Fsp3) is 0.222. The minimum Gasteiger partial charge on any atom is -0.744 e. The first-order valence-electron chi connectivity index (χ1n) is 25.9. The predicted octanol–water partition coefficient (Wildman–Crippen LogP) is -8.26. The summed E-state index contributed by atoms with van der Waals surface area (Å²) < 4.78 is 269. The van der Waals surface area contributed by atoms with E-state index < -0.39 is 305 Å². The molecule has 0 fully saturated rings. The molecule has 12 bridgehead atoms. The molecule has 0 spiro atoms. The van der Waals surface area contributed by atoms with Crippen molar-refractivity contribution in [2.45, 2.75) is 67.9 Å². The van der Waals surface area contributed by atoms with Crippen LogP contribution in [0.4, 0.5) is 0 Å². The molecule has 0 radical (unpaired) electrons. The van der Waals surface area contributed by atoms with Crippen molar-refractivity contribution in [1.82, 2.24) is 0 Å². The molecule has 1 aliphatic carbocycles. The molecule has 1 aliphatic rings. The quantitative estimate of drug-likeness (QED) is 0.0507. The minimum atomic E-state index is -5.93. The number of carboxylic acids is 6. The molecule has 36 nitrogen and oxygen atoms in total. The lowest BCUT2D eigenvalue weighted by molar-refractivity contribution is -0.308. The highest BCUT2D eigenvalue weighted by Gasteiger charge is 2.29. The van der Waals surface area contributed by atoms with Crippen molar-refractivity contribution < 1.29 is 166 Å². The van der Waals surface area contributed by atoms with E-state index in [9.17, 15) is 137 Å². The highest BCUT2D eigenvalue weighted by Crippen LogP contribution is 2.44. The SMILES string of the molecule is O=C([O-])COc1c2cc(S(=O)(=O)[O-])cc1Cc1cc(S(=O)(=O)[O-])cc(c1OCC(=O)[O-])Cc1cc(S(=O)(=O)[O-])cc(c1OCC(=O)[O-])Cc1cc(S(=O)(=O)[O-])cc(c1OCC(=O)[O-])Cc1cc(S(=O)(=O)[O-])cc(c1OCC(=O)[O-])Cc1cc(S(=O)(=O)[O-])cc(c1OCC(=O)[O-])C2. The van der Waals surface area contributed by atoms with Crippen LogP contribution < -0.4 is 59.1 Å². The molecule has 6 aromatic rings. The number of rotatable bonds is 24. The standard InChI is InChI=1S/C54H48O36S6/c55-43(56)19-85-49-25-1-26-8-38(92(70,71)72)10-28(50(26)86-20-44(57)58)3-30-12-40(94(76,77)78)14-32(52(30)88-22-46(61)62)5-34-16-42(96(82,83)84)18-36(54(34)90-24-48(65)66)6-35-17-41(95(79,80)81)15-33(53(35)89-23-47(63)64)4-31-13-39(93(73,74)75)11-29(51(31)87-21-45(59)60)2-27(49)9-37(7-25)91(67,68)69/h7-18H,1-6,19-24H2,(H,55,56)(H,57,58)(H,59,60)(H,61,62)(H,63,64)(H,65,66)(H,67,68,69)(H,70,71,72)(H,73,74,75)(H,76,77,78)(H,79,80,81)(H,82,83,84)/p-12. The lowest BCUT2D eigenvalue weighted by Crippen LogP contribution is -2.30. The maximum absolute atomic E-state index is 13.1. The van der Waals surface area contributed by atoms with E-state index in [1.165, 1.54) is 0 Å². The zero-order valence-corrected chi connectivity index (χ0v) is 52.5. The normalized spacial score (nSPS) is 13.1. The Labute approximate surface area is 540 Å². The van der Waals surface area contributed by atoms with Gasteiger partial charge in [0.15, 0.2) is 0 Å². The van der Waals surface area contributed by atoms with Crippen molar-refractivity contribution >= 4 is 96.5 Å². The van der Waals surface area contributed by atoms with Crippen LogP contribution in [0, 0.1) is 0 Å². The Morgan fingerprint density at radius 3 is 0.396 bits per heavy atom. The monoisotopic (exact) mass is 1450 g/mol. The molecule has 7 rings (SSSR count). The van der Waals surface area contributed by atoms with E-state index in [0.29, 0.717) is 72.8 Å². The van der Waals surface area contributed by atoms with E-state index in [1.807, 2.05) is 0 Å². The Hall–Kier alpha value is -9.60. The number of hydrogen-bond donors (Lipinski definition) is 0. The second-order valence-corrected chi connectivity index (χ2v) is 28.5. The Bertz CT molecular complexity index is 4020. The number of carbonyl (C=O) groups excluding carboxylic acids is 6. The Morgan fingerprint density at radius 1 is 0.229 bits per heavy atom. The first-order chi connectivity index (χ1) is 44.3. The molecule has 42 heteroatoms. The average Bonchev–Trinajstić information content (AvgIpc) is 0.776. The van der Waals surface area contributed by atoms with Crippen LogP contribution >= 0.6 is 0 Å². The summed E-state index contributed by atoms with van der Waals surface area (Å²) in [5.41, 5.74) is -10.6. The summed E-state index contributed by atoms with van der Waals surface area (Å²) in [6.45, 7) is -9.75. The molecule has 0 aromatic heterocycles. The van der Waals surface area contributed by atoms with E-state index in [2.05, 4.69) is 0 Å². The lowest BCUT2D eigenvalue weighted by atomic mass is 9.91. The van der Waals surface area contributed by atoms with E-state index in [4.69, 9.17) is 28.4 Å². The fourth-order valence-corrected chi connectivity index (χ4v) is 13.3. The molecule has 0 saturated heterocycles. The number of carboxylic acid groups (broad SMARTS) is 6. The molecule has 96 heavy (non-hydrogen) atoms. The summed E-state index contributed by atoms with van der Waals surface area (Å²) >= 11 is 0. The zero-order valence-electron chi connectivity index (χ0n) is 47.6. The van der Waals surface area contributed by atoms with Crippen molar-refractivity contribution in [2.24, 2.45) is 0 Å². The Morgan fingerprint density at radius 2 is 0.323 bits per heavy atom. The molecule has 0 unspecified atom stereocenters. The third-order valence-electron chi connectivity index (χ3n) is 13.3. The Balaban J connectivity index is 1.81. The first kappa shape index (κ1) is 73.8. The number of hydrogen-bond acceptors (Lipinski definition) is 36. The molecule has 0 amide bonds. The average molecular weight is 1450 g/mol. The van der Waals surface area contributed by atoms with Gasteiger partial charge in [-0.15, -0.1) is 0 Å². The largest absolute Gasteiger partial charge is 0.744 e. The molecule has 0 heterocycles. The number of aliphatic carboxylic acids is 6. The van der Waals surface area contributed by atoms with E-state index in [0.717, 1.165) is 0 Å². The van der Waals surface area contributed by atoms with Crippen LogP contribution in [0.1, 0.15) is 66.8 Å². The maximum Gasteiger partial charge on any atom is 0.128 e. The molecular weight excluding hydrogens is 1420 g/mol. The summed E-state index contributed by atoms with van der Waals surface area (Å²) in [6.07, 6.45) is -7.96. The highest BCUT2D eigenvalue weighted by molar-refractivity contribution is 7.87. The first-order valence-corrected chi connectivity index (χ1v) is 34.4. The third kappa shape index (κ3) is 18.9. The van der Waals surface area contributed by atoms with Gasteiger partial charge in [-0.1, -0.05) is 0 Å². The summed E-state index contributed by atoms with van der Waals surface area (Å²) in [6, 6.07) is 4.57. The predicted molar refractivity (Wildman–Crippen MR) is 286 cm³/mol. The minimum absolute atomic E-state index is 0.380. The summed E-state index contributed by atoms with van der Waals surface area (Å²) in [7, 11) is -35.6.